The third kappa shape index (κ3) is 5.76. The van der Waals surface area contributed by atoms with E-state index < -0.39 is 0 Å². The summed E-state index contributed by atoms with van der Waals surface area (Å²) in [7, 11) is 0. The molecule has 0 atom stereocenters. The molecular formula is C27H29N3O2. The van der Waals surface area contributed by atoms with Crippen molar-refractivity contribution in [2.45, 2.75) is 31.7 Å². The Morgan fingerprint density at radius 2 is 1.50 bits per heavy atom. The minimum atomic E-state index is -0.215. The molecule has 0 aromatic heterocycles. The summed E-state index contributed by atoms with van der Waals surface area (Å²) in [5.41, 5.74) is 4.29. The fourth-order valence-corrected chi connectivity index (χ4v) is 4.19. The monoisotopic (exact) mass is 427 g/mol. The van der Waals surface area contributed by atoms with E-state index in [1.165, 1.54) is 11.1 Å². The number of amides is 3. The van der Waals surface area contributed by atoms with Crippen LogP contribution in [0.25, 0.3) is 0 Å². The Kier molecular flexibility index (Phi) is 7.18. The maximum absolute atomic E-state index is 12.4. The molecular weight excluding hydrogens is 398 g/mol. The Labute approximate surface area is 189 Å². The summed E-state index contributed by atoms with van der Waals surface area (Å²) in [6, 6.07) is 28.2. The van der Waals surface area contributed by atoms with E-state index >= 15 is 0 Å². The van der Waals surface area contributed by atoms with Gasteiger partial charge in [-0.2, -0.15) is 0 Å². The highest BCUT2D eigenvalue weighted by Crippen LogP contribution is 2.27. The topological polar surface area (TPSA) is 61.4 Å². The largest absolute Gasteiger partial charge is 0.338 e. The molecule has 0 spiro atoms. The lowest BCUT2D eigenvalue weighted by Gasteiger charge is -2.18. The molecule has 0 bridgehead atoms. The second kappa shape index (κ2) is 10.6. The number of hydrogen-bond donors (Lipinski definition) is 2. The number of urea groups is 1. The number of carbonyl (C=O) groups is 2. The SMILES string of the molecule is O=C(NCCC(c1ccccc1)c1ccccc1)Nc1ccc(CN2CCCC2=O)cc1. The van der Waals surface area contributed by atoms with Crippen LogP contribution in [0.2, 0.25) is 0 Å². The second-order valence-electron chi connectivity index (χ2n) is 8.16. The van der Waals surface area contributed by atoms with Crippen LogP contribution < -0.4 is 10.6 Å². The molecule has 0 aliphatic carbocycles. The molecule has 1 saturated heterocycles. The van der Waals surface area contributed by atoms with Gasteiger partial charge in [-0.25, -0.2) is 4.79 Å². The second-order valence-corrected chi connectivity index (χ2v) is 8.16. The van der Waals surface area contributed by atoms with Gasteiger partial charge >= 0.3 is 6.03 Å². The van der Waals surface area contributed by atoms with E-state index in [2.05, 4.69) is 59.2 Å². The molecule has 3 aromatic rings. The van der Waals surface area contributed by atoms with Crippen molar-refractivity contribution < 1.29 is 9.59 Å². The van der Waals surface area contributed by atoms with Crippen LogP contribution in [0.3, 0.4) is 0 Å². The Hall–Kier alpha value is -3.60. The highest BCUT2D eigenvalue weighted by atomic mass is 16.2. The summed E-state index contributed by atoms with van der Waals surface area (Å²) in [4.78, 5) is 26.1. The van der Waals surface area contributed by atoms with Crippen molar-refractivity contribution in [1.82, 2.24) is 10.2 Å². The molecule has 4 rings (SSSR count). The molecule has 164 valence electrons. The lowest BCUT2D eigenvalue weighted by Crippen LogP contribution is -2.30. The zero-order valence-corrected chi connectivity index (χ0v) is 18.2. The van der Waals surface area contributed by atoms with Crippen LogP contribution in [0, 0.1) is 0 Å². The van der Waals surface area contributed by atoms with Crippen LogP contribution in [0.5, 0.6) is 0 Å². The number of benzene rings is 3. The lowest BCUT2D eigenvalue weighted by molar-refractivity contribution is -0.128. The van der Waals surface area contributed by atoms with Crippen LogP contribution in [-0.4, -0.2) is 29.9 Å². The number of nitrogens with one attached hydrogen (secondary N) is 2. The normalized spacial score (nSPS) is 13.4. The molecule has 1 aliphatic heterocycles. The quantitative estimate of drug-likeness (QED) is 0.522. The zero-order chi connectivity index (χ0) is 22.2. The molecule has 2 N–H and O–H groups in total. The molecule has 3 amide bonds. The van der Waals surface area contributed by atoms with Gasteiger partial charge in [0.15, 0.2) is 0 Å². The Balaban J connectivity index is 1.29. The molecule has 1 aliphatic rings. The molecule has 5 heteroatoms. The van der Waals surface area contributed by atoms with Crippen LogP contribution in [0.1, 0.15) is 41.9 Å². The highest BCUT2D eigenvalue weighted by molar-refractivity contribution is 5.89. The number of anilines is 1. The van der Waals surface area contributed by atoms with Crippen molar-refractivity contribution in [3.8, 4) is 0 Å². The maximum Gasteiger partial charge on any atom is 0.319 e. The fraction of sp³-hybridized carbons (Fsp3) is 0.259. The number of nitrogens with zero attached hydrogens (tertiary/aromatic N) is 1. The minimum Gasteiger partial charge on any atom is -0.338 e. The number of rotatable bonds is 8. The third-order valence-electron chi connectivity index (χ3n) is 5.88. The summed E-state index contributed by atoms with van der Waals surface area (Å²) >= 11 is 0. The summed E-state index contributed by atoms with van der Waals surface area (Å²) in [6.07, 6.45) is 2.40. The number of carbonyl (C=O) groups excluding carboxylic acids is 2. The van der Waals surface area contributed by atoms with E-state index in [0.29, 0.717) is 19.5 Å². The Bertz CT molecular complexity index is 980. The van der Waals surface area contributed by atoms with Crippen molar-refractivity contribution in [3.05, 3.63) is 102 Å². The first kappa shape index (κ1) is 21.6. The van der Waals surface area contributed by atoms with Gasteiger partial charge in [0.05, 0.1) is 0 Å². The van der Waals surface area contributed by atoms with Gasteiger partial charge in [-0.05, 0) is 41.7 Å². The summed E-state index contributed by atoms with van der Waals surface area (Å²) in [6.45, 7) is 2.02. The number of hydrogen-bond acceptors (Lipinski definition) is 2. The first-order valence-corrected chi connectivity index (χ1v) is 11.2. The fourth-order valence-electron chi connectivity index (χ4n) is 4.19. The molecule has 0 radical (unpaired) electrons. The highest BCUT2D eigenvalue weighted by Gasteiger charge is 2.20. The predicted octanol–water partition coefficient (Wildman–Crippen LogP) is 5.15. The lowest BCUT2D eigenvalue weighted by atomic mass is 9.88. The minimum absolute atomic E-state index is 0.215. The van der Waals surface area contributed by atoms with Gasteiger partial charge in [0.2, 0.25) is 5.91 Å². The zero-order valence-electron chi connectivity index (χ0n) is 18.2. The summed E-state index contributed by atoms with van der Waals surface area (Å²) in [5, 5.41) is 5.87. The van der Waals surface area contributed by atoms with Crippen molar-refractivity contribution >= 4 is 17.6 Å². The van der Waals surface area contributed by atoms with E-state index in [4.69, 9.17) is 0 Å². The standard InChI is InChI=1S/C27H29N3O2/c31-26-12-7-19-30(26)20-21-13-15-24(16-14-21)29-27(32)28-18-17-25(22-8-3-1-4-9-22)23-10-5-2-6-11-23/h1-6,8-11,13-16,25H,7,12,17-20H2,(H2,28,29,32). The van der Waals surface area contributed by atoms with E-state index in [9.17, 15) is 9.59 Å². The van der Waals surface area contributed by atoms with Crippen LogP contribution in [0.4, 0.5) is 10.5 Å². The van der Waals surface area contributed by atoms with Crippen molar-refractivity contribution in [2.24, 2.45) is 0 Å². The van der Waals surface area contributed by atoms with Gasteiger partial charge in [0.1, 0.15) is 0 Å². The van der Waals surface area contributed by atoms with Gasteiger partial charge < -0.3 is 15.5 Å². The molecule has 0 saturated carbocycles. The molecule has 1 fully saturated rings. The van der Waals surface area contributed by atoms with E-state index in [1.54, 1.807) is 0 Å². The van der Waals surface area contributed by atoms with E-state index in [1.807, 2.05) is 41.3 Å². The summed E-state index contributed by atoms with van der Waals surface area (Å²) in [5.74, 6) is 0.446. The van der Waals surface area contributed by atoms with E-state index in [0.717, 1.165) is 30.6 Å². The average Bonchev–Trinajstić information content (AvgIpc) is 3.23. The first-order valence-electron chi connectivity index (χ1n) is 11.2. The molecule has 5 nitrogen and oxygen atoms in total. The van der Waals surface area contributed by atoms with Gasteiger partial charge in [0, 0.05) is 37.7 Å². The van der Waals surface area contributed by atoms with Crippen molar-refractivity contribution in [2.75, 3.05) is 18.4 Å². The number of likely N-dealkylation sites (tertiary alicyclic amines) is 1. The van der Waals surface area contributed by atoms with Crippen molar-refractivity contribution in [1.29, 1.82) is 0 Å². The third-order valence-corrected chi connectivity index (χ3v) is 5.88. The summed E-state index contributed by atoms with van der Waals surface area (Å²) < 4.78 is 0. The Morgan fingerprint density at radius 3 is 2.06 bits per heavy atom. The van der Waals surface area contributed by atoms with Gasteiger partial charge in [-0.1, -0.05) is 72.8 Å². The first-order chi connectivity index (χ1) is 15.7. The molecule has 3 aromatic carbocycles. The van der Waals surface area contributed by atoms with Gasteiger partial charge in [0.25, 0.3) is 0 Å². The van der Waals surface area contributed by atoms with Crippen molar-refractivity contribution in [3.63, 3.8) is 0 Å². The molecule has 1 heterocycles. The van der Waals surface area contributed by atoms with Gasteiger partial charge in [-0.3, -0.25) is 4.79 Å². The molecule has 0 unspecified atom stereocenters. The van der Waals surface area contributed by atoms with Crippen LogP contribution >= 0.6 is 0 Å². The van der Waals surface area contributed by atoms with Crippen LogP contribution in [0.15, 0.2) is 84.9 Å². The van der Waals surface area contributed by atoms with Gasteiger partial charge in [-0.15, -0.1) is 0 Å². The Morgan fingerprint density at radius 1 is 0.875 bits per heavy atom. The molecule has 32 heavy (non-hydrogen) atoms. The van der Waals surface area contributed by atoms with Crippen LogP contribution in [-0.2, 0) is 11.3 Å². The smallest absolute Gasteiger partial charge is 0.319 e. The van der Waals surface area contributed by atoms with E-state index in [-0.39, 0.29) is 17.9 Å². The average molecular weight is 428 g/mol. The maximum atomic E-state index is 12.4. The predicted molar refractivity (Wildman–Crippen MR) is 127 cm³/mol.